The molecule has 0 atom stereocenters. The number of carbonyl (C=O) groups is 1. The third kappa shape index (κ3) is 3.83. The number of rotatable bonds is 5. The molecule has 1 amide bonds. The summed E-state index contributed by atoms with van der Waals surface area (Å²) in [6.07, 6.45) is 1.74. The van der Waals surface area contributed by atoms with E-state index < -0.39 is 0 Å². The number of para-hydroxylation sites is 1. The van der Waals surface area contributed by atoms with Gasteiger partial charge in [0.2, 0.25) is 0 Å². The third-order valence-corrected chi connectivity index (χ3v) is 3.99. The molecule has 24 heavy (non-hydrogen) atoms. The smallest absolute Gasteiger partial charge is 0.270 e. The van der Waals surface area contributed by atoms with E-state index in [1.165, 1.54) is 0 Å². The number of anilines is 1. The molecule has 1 N–H and O–H groups in total. The summed E-state index contributed by atoms with van der Waals surface area (Å²) in [6.45, 7) is 3.54. The zero-order valence-electron chi connectivity index (χ0n) is 13.7. The second-order valence-corrected chi connectivity index (χ2v) is 5.50. The normalized spacial score (nSPS) is 14.3. The molecule has 0 spiro atoms. The Morgan fingerprint density at radius 2 is 2.04 bits per heavy atom. The fraction of sp³-hybridized carbons (Fsp3) is 0.333. The van der Waals surface area contributed by atoms with Gasteiger partial charge in [-0.3, -0.25) is 4.79 Å². The highest BCUT2D eigenvalue weighted by atomic mass is 16.5. The number of ether oxygens (including phenoxy) is 2. The van der Waals surface area contributed by atoms with E-state index in [9.17, 15) is 4.79 Å². The first-order valence-electron chi connectivity index (χ1n) is 7.97. The zero-order chi connectivity index (χ0) is 16.8. The Hall–Kier alpha value is -2.60. The van der Waals surface area contributed by atoms with Crippen molar-refractivity contribution in [3.8, 4) is 5.75 Å². The summed E-state index contributed by atoms with van der Waals surface area (Å²) in [6, 6.07) is 11.3. The van der Waals surface area contributed by atoms with Crippen LogP contribution >= 0.6 is 0 Å². The lowest BCUT2D eigenvalue weighted by Gasteiger charge is -2.28. The first kappa shape index (κ1) is 16.3. The van der Waals surface area contributed by atoms with Crippen molar-refractivity contribution in [2.45, 2.75) is 6.54 Å². The van der Waals surface area contributed by atoms with E-state index in [0.29, 0.717) is 12.2 Å². The van der Waals surface area contributed by atoms with Crippen LogP contribution in [0.15, 0.2) is 42.6 Å². The molecular weight excluding hydrogens is 306 g/mol. The molecule has 6 heteroatoms. The summed E-state index contributed by atoms with van der Waals surface area (Å²) in [7, 11) is 1.62. The summed E-state index contributed by atoms with van der Waals surface area (Å²) < 4.78 is 10.6. The molecule has 0 aliphatic carbocycles. The highest BCUT2D eigenvalue weighted by Gasteiger charge is 2.13. The van der Waals surface area contributed by atoms with E-state index in [1.807, 2.05) is 30.3 Å². The second-order valence-electron chi connectivity index (χ2n) is 5.50. The number of methoxy groups -OCH3 is 1. The number of aromatic nitrogens is 1. The lowest BCUT2D eigenvalue weighted by molar-refractivity contribution is 0.0945. The minimum Gasteiger partial charge on any atom is -0.496 e. The molecule has 1 aromatic carbocycles. The van der Waals surface area contributed by atoms with Gasteiger partial charge in [0.1, 0.15) is 11.4 Å². The van der Waals surface area contributed by atoms with E-state index in [0.717, 1.165) is 43.3 Å². The Morgan fingerprint density at radius 3 is 2.75 bits per heavy atom. The van der Waals surface area contributed by atoms with Crippen molar-refractivity contribution in [3.05, 3.63) is 53.9 Å². The number of morpholine rings is 1. The van der Waals surface area contributed by atoms with Crippen molar-refractivity contribution in [3.63, 3.8) is 0 Å². The summed E-state index contributed by atoms with van der Waals surface area (Å²) in [5.41, 5.74) is 2.35. The molecule has 0 radical (unpaired) electrons. The predicted octanol–water partition coefficient (Wildman–Crippen LogP) is 1.86. The lowest BCUT2D eigenvalue weighted by atomic mass is 10.2. The van der Waals surface area contributed by atoms with Crippen molar-refractivity contribution < 1.29 is 14.3 Å². The van der Waals surface area contributed by atoms with Gasteiger partial charge in [-0.05, 0) is 18.2 Å². The van der Waals surface area contributed by atoms with Crippen LogP contribution in [0, 0.1) is 0 Å². The van der Waals surface area contributed by atoms with Gasteiger partial charge in [-0.25, -0.2) is 4.98 Å². The maximum Gasteiger partial charge on any atom is 0.270 e. The van der Waals surface area contributed by atoms with Crippen LogP contribution in [0.4, 0.5) is 5.69 Å². The Morgan fingerprint density at radius 1 is 1.25 bits per heavy atom. The van der Waals surface area contributed by atoms with Crippen LogP contribution in [0.25, 0.3) is 0 Å². The fourth-order valence-corrected chi connectivity index (χ4v) is 2.64. The SMILES string of the molecule is COc1ccccc1CNC(=O)c1ccc(N2CCOCC2)cn1. The maximum atomic E-state index is 12.3. The molecule has 126 valence electrons. The topological polar surface area (TPSA) is 63.7 Å². The van der Waals surface area contributed by atoms with Crippen molar-refractivity contribution >= 4 is 11.6 Å². The van der Waals surface area contributed by atoms with Crippen molar-refractivity contribution in [2.24, 2.45) is 0 Å². The Labute approximate surface area is 141 Å². The van der Waals surface area contributed by atoms with E-state index in [4.69, 9.17) is 9.47 Å². The van der Waals surface area contributed by atoms with Crippen LogP contribution < -0.4 is 15.0 Å². The molecule has 0 saturated carbocycles. The van der Waals surface area contributed by atoms with Gasteiger partial charge in [-0.15, -0.1) is 0 Å². The fourth-order valence-electron chi connectivity index (χ4n) is 2.64. The zero-order valence-corrected chi connectivity index (χ0v) is 13.7. The number of hydrogen-bond donors (Lipinski definition) is 1. The average Bonchev–Trinajstić information content (AvgIpc) is 2.67. The first-order valence-corrected chi connectivity index (χ1v) is 7.97. The number of hydrogen-bond acceptors (Lipinski definition) is 5. The molecule has 6 nitrogen and oxygen atoms in total. The average molecular weight is 327 g/mol. The number of carbonyl (C=O) groups excluding carboxylic acids is 1. The first-order chi connectivity index (χ1) is 11.8. The van der Waals surface area contributed by atoms with Gasteiger partial charge < -0.3 is 19.7 Å². The standard InChI is InChI=1S/C18H21N3O3/c1-23-17-5-3-2-4-14(17)12-20-18(22)16-7-6-15(13-19-16)21-8-10-24-11-9-21/h2-7,13H,8-12H2,1H3,(H,20,22). The lowest BCUT2D eigenvalue weighted by Crippen LogP contribution is -2.36. The van der Waals surface area contributed by atoms with Crippen LogP contribution in [0.2, 0.25) is 0 Å². The molecule has 3 rings (SSSR count). The molecule has 1 aliphatic rings. The summed E-state index contributed by atoms with van der Waals surface area (Å²) in [5.74, 6) is 0.558. The molecule has 1 fully saturated rings. The van der Waals surface area contributed by atoms with Gasteiger partial charge in [-0.2, -0.15) is 0 Å². The molecule has 1 saturated heterocycles. The van der Waals surface area contributed by atoms with Crippen LogP contribution in [0.3, 0.4) is 0 Å². The van der Waals surface area contributed by atoms with Crippen molar-refractivity contribution in [2.75, 3.05) is 38.3 Å². The van der Waals surface area contributed by atoms with Gasteiger partial charge in [-0.1, -0.05) is 18.2 Å². The number of nitrogens with zero attached hydrogens (tertiary/aromatic N) is 2. The van der Waals surface area contributed by atoms with E-state index >= 15 is 0 Å². The minimum absolute atomic E-state index is 0.200. The number of pyridine rings is 1. The second kappa shape index (κ2) is 7.79. The third-order valence-electron chi connectivity index (χ3n) is 3.99. The van der Waals surface area contributed by atoms with Crippen molar-refractivity contribution in [1.82, 2.24) is 10.3 Å². The van der Waals surface area contributed by atoms with Gasteiger partial charge >= 0.3 is 0 Å². The highest BCUT2D eigenvalue weighted by molar-refractivity contribution is 5.92. The van der Waals surface area contributed by atoms with Gasteiger partial charge in [0.25, 0.3) is 5.91 Å². The highest BCUT2D eigenvalue weighted by Crippen LogP contribution is 2.17. The summed E-state index contributed by atoms with van der Waals surface area (Å²) in [4.78, 5) is 18.7. The van der Waals surface area contributed by atoms with Crippen LogP contribution in [0.5, 0.6) is 5.75 Å². The van der Waals surface area contributed by atoms with E-state index in [-0.39, 0.29) is 5.91 Å². The van der Waals surface area contributed by atoms with Crippen LogP contribution in [-0.4, -0.2) is 44.3 Å². The van der Waals surface area contributed by atoms with Crippen LogP contribution in [0.1, 0.15) is 16.1 Å². The maximum absolute atomic E-state index is 12.3. The van der Waals surface area contributed by atoms with Gasteiger partial charge in [0.15, 0.2) is 0 Å². The molecular formula is C18H21N3O3. The van der Waals surface area contributed by atoms with Gasteiger partial charge in [0.05, 0.1) is 32.2 Å². The largest absolute Gasteiger partial charge is 0.496 e. The van der Waals surface area contributed by atoms with Crippen molar-refractivity contribution in [1.29, 1.82) is 0 Å². The Kier molecular flexibility index (Phi) is 5.28. The molecule has 1 aliphatic heterocycles. The Balaban J connectivity index is 1.60. The molecule has 2 heterocycles. The quantitative estimate of drug-likeness (QED) is 0.908. The molecule has 0 bridgehead atoms. The van der Waals surface area contributed by atoms with E-state index in [2.05, 4.69) is 15.2 Å². The molecule has 0 unspecified atom stereocenters. The minimum atomic E-state index is -0.200. The van der Waals surface area contributed by atoms with Gasteiger partial charge in [0, 0.05) is 25.2 Å². The number of benzene rings is 1. The Bertz CT molecular complexity index is 682. The summed E-state index contributed by atoms with van der Waals surface area (Å²) in [5, 5.41) is 2.87. The summed E-state index contributed by atoms with van der Waals surface area (Å²) >= 11 is 0. The monoisotopic (exact) mass is 327 g/mol. The molecule has 2 aromatic rings. The predicted molar refractivity (Wildman–Crippen MR) is 91.4 cm³/mol. The number of nitrogens with one attached hydrogen (secondary N) is 1. The van der Waals surface area contributed by atoms with Crippen LogP contribution in [-0.2, 0) is 11.3 Å². The van der Waals surface area contributed by atoms with E-state index in [1.54, 1.807) is 19.4 Å². The number of amides is 1. The molecule has 1 aromatic heterocycles.